The first-order chi connectivity index (χ1) is 12.5. The molecule has 2 aromatic carbocycles. The summed E-state index contributed by atoms with van der Waals surface area (Å²) in [6.07, 6.45) is 0.0642. The molecule has 0 fully saturated rings. The summed E-state index contributed by atoms with van der Waals surface area (Å²) >= 11 is 0. The lowest BCUT2D eigenvalue weighted by molar-refractivity contribution is -0.119. The molecule has 1 heterocycles. The number of rotatable bonds is 5. The molecule has 0 aliphatic carbocycles. The Hall–Kier alpha value is -3.42. The predicted octanol–water partition coefficient (Wildman–Crippen LogP) is 1.89. The fourth-order valence-electron chi connectivity index (χ4n) is 2.58. The summed E-state index contributed by atoms with van der Waals surface area (Å²) in [4.78, 5) is 24.2. The van der Waals surface area contributed by atoms with Crippen LogP contribution in [-0.2, 0) is 9.59 Å². The number of nitrogens with one attached hydrogen (secondary N) is 1. The highest BCUT2D eigenvalue weighted by Gasteiger charge is 2.35. The highest BCUT2D eigenvalue weighted by molar-refractivity contribution is 6.44. The van der Waals surface area contributed by atoms with Crippen LogP contribution in [0.2, 0.25) is 0 Å². The molecule has 1 atom stereocenters. The highest BCUT2D eigenvalue weighted by atomic mass is 19.1. The number of halogens is 1. The van der Waals surface area contributed by atoms with Gasteiger partial charge in [0.25, 0.3) is 5.91 Å². The van der Waals surface area contributed by atoms with Gasteiger partial charge in [0.15, 0.2) is 0 Å². The van der Waals surface area contributed by atoms with Crippen molar-refractivity contribution in [2.75, 3.05) is 17.4 Å². The summed E-state index contributed by atoms with van der Waals surface area (Å²) in [5.74, 6) is -0.807. The standard InChI is InChI=1S/C18H17FN4O3/c1-26-14-8-4-12(5-9-14)21-18(25)15-10-16(17(20)24)23(22-15)13-6-2-11(19)3-7-13/h2-9,16H,10H2,1H3,(H2,20,24)(H,21,25). The molecule has 2 amide bonds. The molecule has 1 aliphatic heterocycles. The van der Waals surface area contributed by atoms with E-state index in [1.54, 1.807) is 31.4 Å². The van der Waals surface area contributed by atoms with E-state index in [4.69, 9.17) is 10.5 Å². The van der Waals surface area contributed by atoms with Gasteiger partial charge in [-0.1, -0.05) is 0 Å². The quantitative estimate of drug-likeness (QED) is 0.855. The lowest BCUT2D eigenvalue weighted by Crippen LogP contribution is -2.39. The summed E-state index contributed by atoms with van der Waals surface area (Å²) < 4.78 is 18.2. The van der Waals surface area contributed by atoms with E-state index in [1.165, 1.54) is 29.3 Å². The number of methoxy groups -OCH3 is 1. The highest BCUT2D eigenvalue weighted by Crippen LogP contribution is 2.25. The molecule has 134 valence electrons. The molecule has 7 nitrogen and oxygen atoms in total. The number of nitrogens with two attached hydrogens (primary N) is 1. The Morgan fingerprint density at radius 3 is 2.42 bits per heavy atom. The molecule has 0 saturated heterocycles. The van der Waals surface area contributed by atoms with Gasteiger partial charge >= 0.3 is 0 Å². The average molecular weight is 356 g/mol. The minimum atomic E-state index is -0.808. The first-order valence-corrected chi connectivity index (χ1v) is 7.85. The van der Waals surface area contributed by atoms with Gasteiger partial charge in [-0.2, -0.15) is 5.10 Å². The van der Waals surface area contributed by atoms with E-state index < -0.39 is 23.7 Å². The third-order valence-corrected chi connectivity index (χ3v) is 3.94. The SMILES string of the molecule is COc1ccc(NC(=O)C2=NN(c3ccc(F)cc3)C(C(N)=O)C2)cc1. The van der Waals surface area contributed by atoms with Gasteiger partial charge in [0.2, 0.25) is 5.91 Å². The molecule has 0 aromatic heterocycles. The summed E-state index contributed by atoms with van der Waals surface area (Å²) in [5.41, 5.74) is 6.63. The van der Waals surface area contributed by atoms with Crippen molar-refractivity contribution in [3.63, 3.8) is 0 Å². The first-order valence-electron chi connectivity index (χ1n) is 7.85. The molecule has 2 aromatic rings. The van der Waals surface area contributed by atoms with Gasteiger partial charge in [-0.15, -0.1) is 0 Å². The zero-order chi connectivity index (χ0) is 18.7. The Morgan fingerprint density at radius 2 is 1.85 bits per heavy atom. The minimum absolute atomic E-state index is 0.0642. The van der Waals surface area contributed by atoms with Gasteiger partial charge < -0.3 is 15.8 Å². The number of nitrogens with zero attached hydrogens (tertiary/aromatic N) is 2. The van der Waals surface area contributed by atoms with E-state index in [1.807, 2.05) is 0 Å². The van der Waals surface area contributed by atoms with Crippen molar-refractivity contribution < 1.29 is 18.7 Å². The predicted molar refractivity (Wildman–Crippen MR) is 95.5 cm³/mol. The number of hydrazone groups is 1. The van der Waals surface area contributed by atoms with Gasteiger partial charge in [-0.3, -0.25) is 14.6 Å². The molecule has 26 heavy (non-hydrogen) atoms. The Balaban J connectivity index is 1.79. The molecule has 3 rings (SSSR count). The lowest BCUT2D eigenvalue weighted by Gasteiger charge is -2.20. The average Bonchev–Trinajstić information content (AvgIpc) is 3.09. The number of amides is 2. The van der Waals surface area contributed by atoms with Crippen LogP contribution in [0.5, 0.6) is 5.75 Å². The normalized spacial score (nSPS) is 16.2. The van der Waals surface area contributed by atoms with Gasteiger partial charge in [0, 0.05) is 12.1 Å². The summed E-state index contributed by atoms with van der Waals surface area (Å²) in [5, 5.41) is 8.26. The molecule has 0 saturated carbocycles. The van der Waals surface area contributed by atoms with Crippen molar-refractivity contribution >= 4 is 28.9 Å². The maximum Gasteiger partial charge on any atom is 0.271 e. The number of ether oxygens (including phenoxy) is 1. The molecule has 0 radical (unpaired) electrons. The molecule has 0 bridgehead atoms. The van der Waals surface area contributed by atoms with Gasteiger partial charge in [0.1, 0.15) is 23.3 Å². The van der Waals surface area contributed by atoms with Crippen molar-refractivity contribution in [3.05, 3.63) is 54.3 Å². The Bertz CT molecular complexity index is 850. The first kappa shape index (κ1) is 17.4. The van der Waals surface area contributed by atoms with Crippen LogP contribution in [0.3, 0.4) is 0 Å². The maximum atomic E-state index is 13.1. The molecule has 8 heteroatoms. The minimum Gasteiger partial charge on any atom is -0.497 e. The summed E-state index contributed by atoms with van der Waals surface area (Å²) in [6.45, 7) is 0. The van der Waals surface area contributed by atoms with Crippen LogP contribution >= 0.6 is 0 Å². The van der Waals surface area contributed by atoms with Crippen molar-refractivity contribution in [1.82, 2.24) is 0 Å². The second-order valence-corrected chi connectivity index (χ2v) is 5.67. The van der Waals surface area contributed by atoms with E-state index in [-0.39, 0.29) is 12.1 Å². The molecular formula is C18H17FN4O3. The third kappa shape index (κ3) is 3.64. The third-order valence-electron chi connectivity index (χ3n) is 3.94. The van der Waals surface area contributed by atoms with Gasteiger partial charge in [-0.25, -0.2) is 4.39 Å². The smallest absolute Gasteiger partial charge is 0.271 e. The number of carbonyl (C=O) groups is 2. The topological polar surface area (TPSA) is 97.0 Å². The Kier molecular flexibility index (Phi) is 4.83. The van der Waals surface area contributed by atoms with Crippen LogP contribution in [0.1, 0.15) is 6.42 Å². The zero-order valence-corrected chi connectivity index (χ0v) is 14.0. The van der Waals surface area contributed by atoms with Gasteiger partial charge in [-0.05, 0) is 48.5 Å². The van der Waals surface area contributed by atoms with Crippen LogP contribution in [0, 0.1) is 5.82 Å². The van der Waals surface area contributed by atoms with Crippen LogP contribution in [0.4, 0.5) is 15.8 Å². The number of carbonyl (C=O) groups excluding carboxylic acids is 2. The van der Waals surface area contributed by atoms with Crippen molar-refractivity contribution in [2.45, 2.75) is 12.5 Å². The summed E-state index contributed by atoms with van der Waals surface area (Å²) in [6, 6.07) is 11.4. The van der Waals surface area contributed by atoms with Crippen LogP contribution in [-0.4, -0.2) is 30.7 Å². The lowest BCUT2D eigenvalue weighted by atomic mass is 10.1. The maximum absolute atomic E-state index is 13.1. The van der Waals surface area contributed by atoms with Crippen molar-refractivity contribution in [1.29, 1.82) is 0 Å². The second-order valence-electron chi connectivity index (χ2n) is 5.67. The monoisotopic (exact) mass is 356 g/mol. The molecular weight excluding hydrogens is 339 g/mol. The number of anilines is 2. The number of hydrogen-bond donors (Lipinski definition) is 2. The van der Waals surface area contributed by atoms with E-state index in [2.05, 4.69) is 10.4 Å². The van der Waals surface area contributed by atoms with E-state index in [9.17, 15) is 14.0 Å². The molecule has 1 aliphatic rings. The Labute approximate surface area is 149 Å². The van der Waals surface area contributed by atoms with Crippen LogP contribution in [0.25, 0.3) is 0 Å². The fraction of sp³-hybridized carbons (Fsp3) is 0.167. The Morgan fingerprint density at radius 1 is 1.19 bits per heavy atom. The number of benzene rings is 2. The second kappa shape index (κ2) is 7.22. The van der Waals surface area contributed by atoms with E-state index in [0.717, 1.165) is 0 Å². The van der Waals surface area contributed by atoms with Crippen molar-refractivity contribution in [2.24, 2.45) is 10.8 Å². The van der Waals surface area contributed by atoms with E-state index >= 15 is 0 Å². The number of primary amides is 1. The molecule has 0 spiro atoms. The molecule has 1 unspecified atom stereocenters. The fourth-order valence-corrected chi connectivity index (χ4v) is 2.58. The molecule has 3 N–H and O–H groups in total. The van der Waals surface area contributed by atoms with Crippen LogP contribution in [0.15, 0.2) is 53.6 Å². The largest absolute Gasteiger partial charge is 0.497 e. The van der Waals surface area contributed by atoms with Crippen LogP contribution < -0.4 is 20.8 Å². The summed E-state index contributed by atoms with van der Waals surface area (Å²) in [7, 11) is 1.55. The van der Waals surface area contributed by atoms with E-state index in [0.29, 0.717) is 17.1 Å². The zero-order valence-electron chi connectivity index (χ0n) is 14.0. The van der Waals surface area contributed by atoms with Crippen molar-refractivity contribution in [3.8, 4) is 5.75 Å². The van der Waals surface area contributed by atoms with Gasteiger partial charge in [0.05, 0.1) is 12.8 Å². The number of hydrogen-bond acceptors (Lipinski definition) is 5.